The van der Waals surface area contributed by atoms with Gasteiger partial charge in [-0.3, -0.25) is 9.69 Å². The SMILES string of the molecule is O=C1C(N2CCCN(c3cccnn3)CC2)CCCN1c1ccccc1F. The molecule has 0 aliphatic carbocycles. The molecule has 1 amide bonds. The fourth-order valence-electron chi connectivity index (χ4n) is 4.05. The van der Waals surface area contributed by atoms with Crippen molar-refractivity contribution in [2.75, 3.05) is 42.5 Å². The van der Waals surface area contributed by atoms with Crippen molar-refractivity contribution >= 4 is 17.4 Å². The van der Waals surface area contributed by atoms with Crippen LogP contribution in [0.25, 0.3) is 0 Å². The van der Waals surface area contributed by atoms with E-state index in [2.05, 4.69) is 20.0 Å². The lowest BCUT2D eigenvalue weighted by atomic mass is 10.0. The number of carbonyl (C=O) groups is 1. The minimum Gasteiger partial charge on any atom is -0.354 e. The second-order valence-corrected chi connectivity index (χ2v) is 7.06. The molecule has 1 unspecified atom stereocenters. The highest BCUT2D eigenvalue weighted by molar-refractivity contribution is 5.98. The number of nitrogens with zero attached hydrogens (tertiary/aromatic N) is 5. The normalized spacial score (nSPS) is 22.0. The fourth-order valence-corrected chi connectivity index (χ4v) is 4.05. The van der Waals surface area contributed by atoms with Crippen LogP contribution < -0.4 is 9.80 Å². The van der Waals surface area contributed by atoms with Crippen LogP contribution in [0.1, 0.15) is 19.3 Å². The lowest BCUT2D eigenvalue weighted by Gasteiger charge is -2.38. The quantitative estimate of drug-likeness (QED) is 0.831. The maximum Gasteiger partial charge on any atom is 0.244 e. The Hall–Kier alpha value is -2.54. The third-order valence-corrected chi connectivity index (χ3v) is 5.41. The minimum atomic E-state index is -0.337. The Labute approximate surface area is 158 Å². The van der Waals surface area contributed by atoms with Crippen LogP contribution in [0, 0.1) is 5.82 Å². The zero-order valence-corrected chi connectivity index (χ0v) is 15.3. The van der Waals surface area contributed by atoms with Crippen molar-refractivity contribution in [1.82, 2.24) is 15.1 Å². The fraction of sp³-hybridized carbons (Fsp3) is 0.450. The number of anilines is 2. The lowest BCUT2D eigenvalue weighted by Crippen LogP contribution is -2.53. The van der Waals surface area contributed by atoms with Crippen molar-refractivity contribution in [1.29, 1.82) is 0 Å². The van der Waals surface area contributed by atoms with Gasteiger partial charge in [-0.25, -0.2) is 4.39 Å². The van der Waals surface area contributed by atoms with E-state index in [9.17, 15) is 9.18 Å². The van der Waals surface area contributed by atoms with E-state index in [1.807, 2.05) is 12.1 Å². The molecule has 0 radical (unpaired) electrons. The maximum atomic E-state index is 14.2. The first-order valence-electron chi connectivity index (χ1n) is 9.56. The molecular formula is C20H24FN5O. The molecule has 1 aromatic heterocycles. The number of rotatable bonds is 3. The Bertz CT molecular complexity index is 787. The van der Waals surface area contributed by atoms with Crippen LogP contribution in [0.5, 0.6) is 0 Å². The monoisotopic (exact) mass is 369 g/mol. The predicted molar refractivity (Wildman–Crippen MR) is 102 cm³/mol. The van der Waals surface area contributed by atoms with E-state index >= 15 is 0 Å². The summed E-state index contributed by atoms with van der Waals surface area (Å²) in [6.07, 6.45) is 4.34. The molecule has 6 nitrogen and oxygen atoms in total. The summed E-state index contributed by atoms with van der Waals surface area (Å²) in [6.45, 7) is 3.93. The Kier molecular flexibility index (Phi) is 5.29. The van der Waals surface area contributed by atoms with Gasteiger partial charge in [0, 0.05) is 38.9 Å². The number of benzene rings is 1. The summed E-state index contributed by atoms with van der Waals surface area (Å²) in [5, 5.41) is 8.16. The highest BCUT2D eigenvalue weighted by Crippen LogP contribution is 2.27. The van der Waals surface area contributed by atoms with Crippen molar-refractivity contribution in [3.05, 3.63) is 48.4 Å². The molecule has 2 aliphatic rings. The highest BCUT2D eigenvalue weighted by atomic mass is 19.1. The van der Waals surface area contributed by atoms with Crippen molar-refractivity contribution in [3.63, 3.8) is 0 Å². The van der Waals surface area contributed by atoms with E-state index in [-0.39, 0.29) is 17.8 Å². The zero-order chi connectivity index (χ0) is 18.6. The van der Waals surface area contributed by atoms with Crippen LogP contribution in [-0.4, -0.2) is 59.8 Å². The molecular weight excluding hydrogens is 345 g/mol. The number of halogens is 1. The summed E-state index contributed by atoms with van der Waals surface area (Å²) < 4.78 is 14.2. The number of carbonyl (C=O) groups excluding carboxylic acids is 1. The largest absolute Gasteiger partial charge is 0.354 e. The predicted octanol–water partition coefficient (Wildman–Crippen LogP) is 2.32. The van der Waals surface area contributed by atoms with Crippen LogP contribution in [-0.2, 0) is 4.79 Å². The van der Waals surface area contributed by atoms with E-state index < -0.39 is 0 Å². The second-order valence-electron chi connectivity index (χ2n) is 7.06. The van der Waals surface area contributed by atoms with Gasteiger partial charge >= 0.3 is 0 Å². The third kappa shape index (κ3) is 3.78. The standard InChI is InChI=1S/C20H24FN5O/c21-16-6-1-2-7-17(16)26-13-4-8-18(20(26)27)24-11-5-12-25(15-14-24)19-9-3-10-22-23-19/h1-3,6-7,9-10,18H,4-5,8,11-15H2. The molecule has 2 saturated heterocycles. The molecule has 1 aromatic carbocycles. The summed E-state index contributed by atoms with van der Waals surface area (Å²) in [4.78, 5) is 19.2. The smallest absolute Gasteiger partial charge is 0.244 e. The first-order chi connectivity index (χ1) is 13.2. The molecule has 7 heteroatoms. The van der Waals surface area contributed by atoms with Crippen LogP contribution in [0.15, 0.2) is 42.6 Å². The van der Waals surface area contributed by atoms with E-state index in [1.54, 1.807) is 29.3 Å². The summed E-state index contributed by atoms with van der Waals surface area (Å²) in [6, 6.07) is 10.2. The average molecular weight is 369 g/mol. The third-order valence-electron chi connectivity index (χ3n) is 5.41. The molecule has 2 aliphatic heterocycles. The molecule has 0 saturated carbocycles. The van der Waals surface area contributed by atoms with Crippen molar-refractivity contribution < 1.29 is 9.18 Å². The number of piperidine rings is 1. The Morgan fingerprint density at radius 1 is 0.963 bits per heavy atom. The summed E-state index contributed by atoms with van der Waals surface area (Å²) >= 11 is 0. The van der Waals surface area contributed by atoms with Crippen molar-refractivity contribution in [2.45, 2.75) is 25.3 Å². The molecule has 3 heterocycles. The number of hydrogen-bond donors (Lipinski definition) is 0. The Morgan fingerprint density at radius 2 is 1.85 bits per heavy atom. The number of amides is 1. The minimum absolute atomic E-state index is 0.0132. The van der Waals surface area contributed by atoms with Gasteiger partial charge in [-0.05, 0) is 43.5 Å². The lowest BCUT2D eigenvalue weighted by molar-refractivity contribution is -0.125. The van der Waals surface area contributed by atoms with Gasteiger partial charge in [0.15, 0.2) is 5.82 Å². The Morgan fingerprint density at radius 3 is 2.67 bits per heavy atom. The van der Waals surface area contributed by atoms with Crippen molar-refractivity contribution in [2.24, 2.45) is 0 Å². The topological polar surface area (TPSA) is 52.6 Å². The van der Waals surface area contributed by atoms with Crippen LogP contribution in [0.2, 0.25) is 0 Å². The first kappa shape index (κ1) is 17.9. The molecule has 0 N–H and O–H groups in total. The van der Waals surface area contributed by atoms with Gasteiger partial charge in [-0.1, -0.05) is 12.1 Å². The molecule has 2 aromatic rings. The Balaban J connectivity index is 1.46. The van der Waals surface area contributed by atoms with Gasteiger partial charge < -0.3 is 9.80 Å². The molecule has 0 bridgehead atoms. The highest BCUT2D eigenvalue weighted by Gasteiger charge is 2.35. The molecule has 0 spiro atoms. The second kappa shape index (κ2) is 8.00. The molecule has 142 valence electrons. The average Bonchev–Trinajstić information content (AvgIpc) is 2.96. The van der Waals surface area contributed by atoms with E-state index in [0.717, 1.165) is 51.3 Å². The number of aromatic nitrogens is 2. The van der Waals surface area contributed by atoms with Crippen LogP contribution in [0.4, 0.5) is 15.9 Å². The number of para-hydroxylation sites is 1. The van der Waals surface area contributed by atoms with Crippen molar-refractivity contribution in [3.8, 4) is 0 Å². The number of hydrogen-bond acceptors (Lipinski definition) is 5. The van der Waals surface area contributed by atoms with Gasteiger partial charge in [0.05, 0.1) is 11.7 Å². The van der Waals surface area contributed by atoms with Gasteiger partial charge in [0.25, 0.3) is 0 Å². The van der Waals surface area contributed by atoms with Gasteiger partial charge in [0.1, 0.15) is 5.82 Å². The van der Waals surface area contributed by atoms with Gasteiger partial charge in [-0.15, -0.1) is 5.10 Å². The molecule has 2 fully saturated rings. The van der Waals surface area contributed by atoms with Gasteiger partial charge in [0.2, 0.25) is 5.91 Å². The first-order valence-corrected chi connectivity index (χ1v) is 9.56. The summed E-state index contributed by atoms with van der Waals surface area (Å²) in [5.74, 6) is 0.554. The molecule has 1 atom stereocenters. The van der Waals surface area contributed by atoms with Crippen LogP contribution >= 0.6 is 0 Å². The van der Waals surface area contributed by atoms with Gasteiger partial charge in [-0.2, -0.15) is 5.10 Å². The maximum absolute atomic E-state index is 14.2. The van der Waals surface area contributed by atoms with Crippen LogP contribution in [0.3, 0.4) is 0 Å². The van der Waals surface area contributed by atoms with E-state index in [1.165, 1.54) is 6.07 Å². The molecule has 27 heavy (non-hydrogen) atoms. The molecule has 4 rings (SSSR count). The van der Waals surface area contributed by atoms with E-state index in [4.69, 9.17) is 0 Å². The van der Waals surface area contributed by atoms with E-state index in [0.29, 0.717) is 12.2 Å². The summed E-state index contributed by atoms with van der Waals surface area (Å²) in [5.41, 5.74) is 0.392. The summed E-state index contributed by atoms with van der Waals surface area (Å²) in [7, 11) is 0. The zero-order valence-electron chi connectivity index (χ0n) is 15.3.